The van der Waals surface area contributed by atoms with E-state index >= 15 is 0 Å². The van der Waals surface area contributed by atoms with Gasteiger partial charge in [0, 0.05) is 42.2 Å². The number of thioether (sulfide) groups is 1. The first-order chi connectivity index (χ1) is 14.0. The van der Waals surface area contributed by atoms with E-state index in [1.54, 1.807) is 0 Å². The molecule has 0 aliphatic carbocycles. The van der Waals surface area contributed by atoms with Gasteiger partial charge in [-0.15, -0.1) is 0 Å². The quantitative estimate of drug-likeness (QED) is 0.637. The zero-order valence-electron chi connectivity index (χ0n) is 19.2. The van der Waals surface area contributed by atoms with Crippen LogP contribution in [0.5, 0.6) is 0 Å². The SMILES string of the molecule is CC1=C(c2ccc(CNC(C)[C@@H]3C[C@@H](O)CN3C(=O)CC(C)(C)C)cc2)SC(C)N1. The van der Waals surface area contributed by atoms with Crippen LogP contribution in [-0.2, 0) is 11.3 Å². The number of aliphatic hydroxyl groups is 1. The molecular weight excluding hydrogens is 394 g/mol. The highest BCUT2D eigenvalue weighted by atomic mass is 32.2. The summed E-state index contributed by atoms with van der Waals surface area (Å²) >= 11 is 1.87. The van der Waals surface area contributed by atoms with E-state index < -0.39 is 6.10 Å². The molecule has 1 saturated heterocycles. The van der Waals surface area contributed by atoms with Crippen molar-refractivity contribution in [2.45, 2.75) is 84.5 Å². The van der Waals surface area contributed by atoms with Gasteiger partial charge in [-0.2, -0.15) is 0 Å². The van der Waals surface area contributed by atoms with Crippen LogP contribution < -0.4 is 10.6 Å². The monoisotopic (exact) mass is 431 g/mol. The van der Waals surface area contributed by atoms with Crippen molar-refractivity contribution < 1.29 is 9.90 Å². The van der Waals surface area contributed by atoms with Gasteiger partial charge >= 0.3 is 0 Å². The summed E-state index contributed by atoms with van der Waals surface area (Å²) in [5, 5.41) is 17.7. The fraction of sp³-hybridized carbons (Fsp3) is 0.625. The van der Waals surface area contributed by atoms with Crippen LogP contribution in [0, 0.1) is 5.41 Å². The first-order valence-electron chi connectivity index (χ1n) is 11.0. The Bertz CT molecular complexity index is 785. The molecule has 3 rings (SSSR count). The standard InChI is InChI=1S/C24H37N3O2S/c1-15(21-11-20(28)14-27(21)22(29)12-24(4,5)6)25-13-18-7-9-19(10-8-18)23-16(2)26-17(3)30-23/h7-10,15,17,20-21,25-26,28H,11-14H2,1-6H3/t15?,17?,20-,21+/m1/s1. The second-order valence-electron chi connectivity index (χ2n) is 9.97. The van der Waals surface area contributed by atoms with Gasteiger partial charge < -0.3 is 20.6 Å². The Morgan fingerprint density at radius 3 is 2.57 bits per heavy atom. The number of benzene rings is 1. The Labute approximate surface area is 185 Å². The predicted octanol–water partition coefficient (Wildman–Crippen LogP) is 3.93. The molecule has 1 amide bonds. The molecule has 2 aliphatic heterocycles. The number of carbonyl (C=O) groups excluding carboxylic acids is 1. The van der Waals surface area contributed by atoms with Crippen LogP contribution in [0.4, 0.5) is 0 Å². The lowest BCUT2D eigenvalue weighted by molar-refractivity contribution is -0.134. The number of likely N-dealkylation sites (tertiary alicyclic amines) is 1. The molecule has 2 heterocycles. The Morgan fingerprint density at radius 1 is 1.33 bits per heavy atom. The Morgan fingerprint density at radius 2 is 2.00 bits per heavy atom. The van der Waals surface area contributed by atoms with Crippen molar-refractivity contribution in [1.82, 2.24) is 15.5 Å². The molecule has 0 aromatic heterocycles. The minimum Gasteiger partial charge on any atom is -0.391 e. The van der Waals surface area contributed by atoms with Crippen LogP contribution in [0.2, 0.25) is 0 Å². The topological polar surface area (TPSA) is 64.6 Å². The molecule has 1 aromatic rings. The maximum Gasteiger partial charge on any atom is 0.223 e. The first kappa shape index (κ1) is 23.2. The van der Waals surface area contributed by atoms with Gasteiger partial charge in [-0.3, -0.25) is 4.79 Å². The average Bonchev–Trinajstić information content (AvgIpc) is 3.20. The van der Waals surface area contributed by atoms with Crippen molar-refractivity contribution >= 4 is 22.6 Å². The molecule has 30 heavy (non-hydrogen) atoms. The zero-order valence-corrected chi connectivity index (χ0v) is 20.0. The van der Waals surface area contributed by atoms with Crippen molar-refractivity contribution in [3.63, 3.8) is 0 Å². The van der Waals surface area contributed by atoms with E-state index in [2.05, 4.69) is 76.4 Å². The Hall–Kier alpha value is -1.50. The second kappa shape index (κ2) is 9.33. The molecule has 0 saturated carbocycles. The molecule has 6 heteroatoms. The largest absolute Gasteiger partial charge is 0.391 e. The minimum absolute atomic E-state index is 0.0318. The van der Waals surface area contributed by atoms with Crippen LogP contribution in [0.25, 0.3) is 4.91 Å². The number of β-amino-alcohol motifs (C(OH)–C–C–N with tert-alkyl or cyclic N) is 1. The van der Waals surface area contributed by atoms with Gasteiger partial charge in [-0.05, 0) is 43.7 Å². The lowest BCUT2D eigenvalue weighted by atomic mass is 9.91. The normalized spacial score (nSPS) is 25.6. The summed E-state index contributed by atoms with van der Waals surface area (Å²) in [4.78, 5) is 16.0. The molecule has 166 valence electrons. The molecule has 1 aromatic carbocycles. The highest BCUT2D eigenvalue weighted by Crippen LogP contribution is 2.37. The molecular formula is C24H37N3O2S. The van der Waals surface area contributed by atoms with Gasteiger partial charge in [-0.1, -0.05) is 56.8 Å². The number of allylic oxidation sites excluding steroid dienone is 1. The van der Waals surface area contributed by atoms with Gasteiger partial charge in [0.2, 0.25) is 5.91 Å². The number of rotatable bonds is 6. The number of hydrogen-bond donors (Lipinski definition) is 3. The molecule has 0 radical (unpaired) electrons. The van der Waals surface area contributed by atoms with Crippen LogP contribution in [0.1, 0.15) is 65.5 Å². The zero-order chi connectivity index (χ0) is 22.1. The highest BCUT2D eigenvalue weighted by Gasteiger charge is 2.38. The fourth-order valence-electron chi connectivity index (χ4n) is 4.30. The molecule has 2 unspecified atom stereocenters. The van der Waals surface area contributed by atoms with Gasteiger partial charge in [0.15, 0.2) is 0 Å². The van der Waals surface area contributed by atoms with Gasteiger partial charge in [0.1, 0.15) is 0 Å². The first-order valence-corrected chi connectivity index (χ1v) is 11.9. The number of nitrogens with zero attached hydrogens (tertiary/aromatic N) is 1. The number of hydrogen-bond acceptors (Lipinski definition) is 5. The van der Waals surface area contributed by atoms with Crippen LogP contribution in [-0.4, -0.2) is 46.0 Å². The summed E-state index contributed by atoms with van der Waals surface area (Å²) in [5.41, 5.74) is 3.67. The van der Waals surface area contributed by atoms with E-state index in [0.29, 0.717) is 24.8 Å². The maximum atomic E-state index is 12.8. The fourth-order valence-corrected chi connectivity index (χ4v) is 5.39. The Kier molecular flexibility index (Phi) is 7.20. The van der Waals surface area contributed by atoms with E-state index in [1.165, 1.54) is 21.7 Å². The molecule has 4 atom stereocenters. The van der Waals surface area contributed by atoms with E-state index in [0.717, 1.165) is 6.54 Å². The van der Waals surface area contributed by atoms with Crippen LogP contribution in [0.15, 0.2) is 30.0 Å². The van der Waals surface area contributed by atoms with E-state index in [9.17, 15) is 9.90 Å². The highest BCUT2D eigenvalue weighted by molar-refractivity contribution is 8.09. The summed E-state index contributed by atoms with van der Waals surface area (Å²) < 4.78 is 0. The summed E-state index contributed by atoms with van der Waals surface area (Å²) in [6.45, 7) is 13.9. The summed E-state index contributed by atoms with van der Waals surface area (Å²) in [6, 6.07) is 8.86. The van der Waals surface area contributed by atoms with E-state index in [1.807, 2.05) is 16.7 Å². The summed E-state index contributed by atoms with van der Waals surface area (Å²) in [7, 11) is 0. The van der Waals surface area contributed by atoms with Crippen LogP contribution >= 0.6 is 11.8 Å². The molecule has 3 N–H and O–H groups in total. The summed E-state index contributed by atoms with van der Waals surface area (Å²) in [6.07, 6.45) is 0.711. The van der Waals surface area contributed by atoms with Crippen molar-refractivity contribution in [3.8, 4) is 0 Å². The molecule has 1 fully saturated rings. The van der Waals surface area contributed by atoms with Crippen molar-refractivity contribution in [1.29, 1.82) is 0 Å². The van der Waals surface area contributed by atoms with Crippen LogP contribution in [0.3, 0.4) is 0 Å². The van der Waals surface area contributed by atoms with Crippen molar-refractivity contribution in [2.75, 3.05) is 6.54 Å². The minimum atomic E-state index is -0.432. The van der Waals surface area contributed by atoms with Crippen molar-refractivity contribution in [3.05, 3.63) is 41.1 Å². The predicted molar refractivity (Wildman–Crippen MR) is 126 cm³/mol. The third kappa shape index (κ3) is 5.80. The average molecular weight is 432 g/mol. The molecule has 0 spiro atoms. The lowest BCUT2D eigenvalue weighted by Crippen LogP contribution is -2.48. The lowest BCUT2D eigenvalue weighted by Gasteiger charge is -2.32. The maximum absolute atomic E-state index is 12.8. The van der Waals surface area contributed by atoms with Gasteiger partial charge in [-0.25, -0.2) is 0 Å². The number of carbonyl (C=O) groups is 1. The third-order valence-electron chi connectivity index (χ3n) is 5.80. The van der Waals surface area contributed by atoms with E-state index in [-0.39, 0.29) is 23.4 Å². The van der Waals surface area contributed by atoms with Gasteiger partial charge in [0.25, 0.3) is 0 Å². The van der Waals surface area contributed by atoms with E-state index in [4.69, 9.17) is 0 Å². The van der Waals surface area contributed by atoms with Gasteiger partial charge in [0.05, 0.1) is 11.5 Å². The smallest absolute Gasteiger partial charge is 0.223 e. The number of amides is 1. The molecule has 5 nitrogen and oxygen atoms in total. The third-order valence-corrected chi connectivity index (χ3v) is 7.05. The number of nitrogens with one attached hydrogen (secondary N) is 2. The van der Waals surface area contributed by atoms with Crippen molar-refractivity contribution in [2.24, 2.45) is 5.41 Å². The second-order valence-corrected chi connectivity index (χ2v) is 11.3. The molecule has 0 bridgehead atoms. The molecule has 2 aliphatic rings. The number of aliphatic hydroxyl groups excluding tert-OH is 1. The Balaban J connectivity index is 1.58. The summed E-state index contributed by atoms with van der Waals surface area (Å²) in [5.74, 6) is 0.141.